The van der Waals surface area contributed by atoms with Crippen molar-refractivity contribution in [3.63, 3.8) is 0 Å². The first kappa shape index (κ1) is 14.0. The summed E-state index contributed by atoms with van der Waals surface area (Å²) in [7, 11) is 0. The molecular formula is C13H22N4O2. The quantitative estimate of drug-likeness (QED) is 0.738. The molecule has 0 aromatic carbocycles. The lowest BCUT2D eigenvalue weighted by atomic mass is 10.3. The highest BCUT2D eigenvalue weighted by Gasteiger charge is 2.09. The number of amides is 1. The minimum absolute atomic E-state index is 0.0186. The maximum absolute atomic E-state index is 11.7. The van der Waals surface area contributed by atoms with Crippen LogP contribution >= 0.6 is 0 Å². The third kappa shape index (κ3) is 5.00. The van der Waals surface area contributed by atoms with E-state index >= 15 is 0 Å². The zero-order valence-electron chi connectivity index (χ0n) is 11.5. The van der Waals surface area contributed by atoms with Crippen LogP contribution in [0.5, 0.6) is 0 Å². The highest BCUT2D eigenvalue weighted by molar-refractivity contribution is 5.75. The van der Waals surface area contributed by atoms with Crippen LogP contribution in [0.15, 0.2) is 12.3 Å². The van der Waals surface area contributed by atoms with E-state index in [4.69, 9.17) is 4.74 Å². The van der Waals surface area contributed by atoms with Gasteiger partial charge in [-0.3, -0.25) is 14.4 Å². The van der Waals surface area contributed by atoms with Gasteiger partial charge in [-0.1, -0.05) is 0 Å². The van der Waals surface area contributed by atoms with E-state index in [2.05, 4.69) is 15.3 Å². The number of aryl methyl sites for hydroxylation is 1. The number of carbonyl (C=O) groups is 1. The topological polar surface area (TPSA) is 59.4 Å². The highest BCUT2D eigenvalue weighted by Crippen LogP contribution is 1.97. The fourth-order valence-electron chi connectivity index (χ4n) is 2.11. The molecule has 1 aliphatic heterocycles. The van der Waals surface area contributed by atoms with Crippen molar-refractivity contribution in [2.24, 2.45) is 0 Å². The zero-order chi connectivity index (χ0) is 13.5. The Hall–Kier alpha value is -1.40. The molecular weight excluding hydrogens is 244 g/mol. The predicted octanol–water partition coefficient (Wildman–Crippen LogP) is 0.0300. The van der Waals surface area contributed by atoms with Crippen molar-refractivity contribution in [1.29, 1.82) is 0 Å². The normalized spacial score (nSPS) is 16.5. The molecule has 1 aromatic heterocycles. The lowest BCUT2D eigenvalue weighted by Gasteiger charge is -2.26. The van der Waals surface area contributed by atoms with Crippen LogP contribution in [0.2, 0.25) is 0 Å². The van der Waals surface area contributed by atoms with Crippen LogP contribution in [-0.4, -0.2) is 60.0 Å². The molecule has 0 saturated carbocycles. The Morgan fingerprint density at radius 1 is 1.47 bits per heavy atom. The number of morpholine rings is 1. The van der Waals surface area contributed by atoms with E-state index in [1.54, 1.807) is 4.68 Å². The van der Waals surface area contributed by atoms with Gasteiger partial charge in [-0.05, 0) is 26.0 Å². The van der Waals surface area contributed by atoms with E-state index in [-0.39, 0.29) is 5.91 Å². The summed E-state index contributed by atoms with van der Waals surface area (Å²) in [5.74, 6) is 0.0186. The maximum Gasteiger partial charge on any atom is 0.241 e. The molecule has 0 unspecified atom stereocenters. The van der Waals surface area contributed by atoms with Crippen LogP contribution in [0.4, 0.5) is 0 Å². The Labute approximate surface area is 113 Å². The van der Waals surface area contributed by atoms with Gasteiger partial charge in [0.15, 0.2) is 0 Å². The molecule has 0 atom stereocenters. The van der Waals surface area contributed by atoms with Gasteiger partial charge >= 0.3 is 0 Å². The Balaban J connectivity index is 1.56. The Kier molecular flexibility index (Phi) is 5.35. The average molecular weight is 266 g/mol. The number of hydrogen-bond acceptors (Lipinski definition) is 4. The third-order valence-electron chi connectivity index (χ3n) is 3.16. The summed E-state index contributed by atoms with van der Waals surface area (Å²) in [4.78, 5) is 14.0. The zero-order valence-corrected chi connectivity index (χ0v) is 11.5. The van der Waals surface area contributed by atoms with Crippen LogP contribution in [0, 0.1) is 6.92 Å². The summed E-state index contributed by atoms with van der Waals surface area (Å²) in [6, 6.07) is 1.89. The summed E-state index contributed by atoms with van der Waals surface area (Å²) in [6.45, 7) is 7.60. The number of nitrogens with one attached hydrogen (secondary N) is 1. The molecule has 1 saturated heterocycles. The third-order valence-corrected chi connectivity index (χ3v) is 3.16. The first-order valence-electron chi connectivity index (χ1n) is 6.81. The van der Waals surface area contributed by atoms with Gasteiger partial charge in [0.2, 0.25) is 5.91 Å². The van der Waals surface area contributed by atoms with Crippen molar-refractivity contribution in [2.75, 3.05) is 39.4 Å². The molecule has 6 heteroatoms. The van der Waals surface area contributed by atoms with Gasteiger partial charge in [-0.25, -0.2) is 0 Å². The van der Waals surface area contributed by atoms with Gasteiger partial charge in [0.05, 0.1) is 18.9 Å². The monoisotopic (exact) mass is 266 g/mol. The second-order valence-corrected chi connectivity index (χ2v) is 4.81. The Morgan fingerprint density at radius 2 is 2.26 bits per heavy atom. The van der Waals surface area contributed by atoms with E-state index in [1.807, 2.05) is 19.2 Å². The van der Waals surface area contributed by atoms with E-state index < -0.39 is 0 Å². The highest BCUT2D eigenvalue weighted by atomic mass is 16.5. The van der Waals surface area contributed by atoms with Crippen LogP contribution in [0.3, 0.4) is 0 Å². The Bertz CT molecular complexity index is 399. The smallest absolute Gasteiger partial charge is 0.241 e. The number of rotatable bonds is 6. The molecule has 106 valence electrons. The van der Waals surface area contributed by atoms with E-state index in [9.17, 15) is 4.79 Å². The second-order valence-electron chi connectivity index (χ2n) is 4.81. The van der Waals surface area contributed by atoms with Crippen LogP contribution in [0.25, 0.3) is 0 Å². The minimum atomic E-state index is 0.0186. The molecule has 2 heterocycles. The Morgan fingerprint density at radius 3 is 2.95 bits per heavy atom. The van der Waals surface area contributed by atoms with Crippen molar-refractivity contribution in [1.82, 2.24) is 20.0 Å². The second kappa shape index (κ2) is 7.25. The van der Waals surface area contributed by atoms with Gasteiger partial charge in [-0.15, -0.1) is 0 Å². The fourth-order valence-corrected chi connectivity index (χ4v) is 2.11. The first-order chi connectivity index (χ1) is 9.24. The molecule has 1 amide bonds. The number of aromatic nitrogens is 2. The summed E-state index contributed by atoms with van der Waals surface area (Å²) in [6.07, 6.45) is 2.80. The molecule has 1 aliphatic rings. The summed E-state index contributed by atoms with van der Waals surface area (Å²) in [5, 5.41) is 7.11. The number of hydrogen-bond donors (Lipinski definition) is 1. The minimum Gasteiger partial charge on any atom is -0.379 e. The number of nitrogens with zero attached hydrogens (tertiary/aromatic N) is 3. The van der Waals surface area contributed by atoms with Gasteiger partial charge in [0.25, 0.3) is 0 Å². The van der Waals surface area contributed by atoms with Crippen LogP contribution < -0.4 is 5.32 Å². The molecule has 2 rings (SSSR count). The predicted molar refractivity (Wildman–Crippen MR) is 71.8 cm³/mol. The molecule has 0 aliphatic carbocycles. The lowest BCUT2D eigenvalue weighted by Crippen LogP contribution is -2.38. The molecule has 1 aromatic rings. The molecule has 1 N–H and O–H groups in total. The van der Waals surface area contributed by atoms with Gasteiger partial charge in [0, 0.05) is 25.8 Å². The molecule has 0 spiro atoms. The van der Waals surface area contributed by atoms with E-state index in [1.165, 1.54) is 0 Å². The van der Waals surface area contributed by atoms with Crippen molar-refractivity contribution in [3.05, 3.63) is 18.0 Å². The van der Waals surface area contributed by atoms with Crippen molar-refractivity contribution in [2.45, 2.75) is 19.9 Å². The largest absolute Gasteiger partial charge is 0.379 e. The number of ether oxygens (including phenoxy) is 1. The van der Waals surface area contributed by atoms with Crippen molar-refractivity contribution >= 4 is 5.91 Å². The van der Waals surface area contributed by atoms with Gasteiger partial charge in [-0.2, -0.15) is 5.10 Å². The standard InChI is InChI=1S/C13H22N4O2/c1-12-3-6-17(15-12)11-13(18)14-4-2-5-16-7-9-19-10-8-16/h3,6H,2,4-5,7-11H2,1H3,(H,14,18). The van der Waals surface area contributed by atoms with Crippen molar-refractivity contribution < 1.29 is 9.53 Å². The maximum atomic E-state index is 11.7. The van der Waals surface area contributed by atoms with Crippen LogP contribution in [-0.2, 0) is 16.1 Å². The van der Waals surface area contributed by atoms with Gasteiger partial charge in [0.1, 0.15) is 6.54 Å². The molecule has 1 fully saturated rings. The first-order valence-corrected chi connectivity index (χ1v) is 6.81. The summed E-state index contributed by atoms with van der Waals surface area (Å²) in [5.41, 5.74) is 0.931. The summed E-state index contributed by atoms with van der Waals surface area (Å²) >= 11 is 0. The molecule has 0 radical (unpaired) electrons. The molecule has 6 nitrogen and oxygen atoms in total. The van der Waals surface area contributed by atoms with Crippen LogP contribution in [0.1, 0.15) is 12.1 Å². The van der Waals surface area contributed by atoms with Crippen molar-refractivity contribution in [3.8, 4) is 0 Å². The molecule has 19 heavy (non-hydrogen) atoms. The number of carbonyl (C=O) groups excluding carboxylic acids is 1. The van der Waals surface area contributed by atoms with E-state index in [0.29, 0.717) is 6.54 Å². The average Bonchev–Trinajstić information content (AvgIpc) is 2.81. The molecule has 0 bridgehead atoms. The summed E-state index contributed by atoms with van der Waals surface area (Å²) < 4.78 is 6.95. The van der Waals surface area contributed by atoms with Gasteiger partial charge < -0.3 is 10.1 Å². The lowest BCUT2D eigenvalue weighted by molar-refractivity contribution is -0.121. The SMILES string of the molecule is Cc1ccn(CC(=O)NCCCN2CCOCC2)n1. The van der Waals surface area contributed by atoms with E-state index in [0.717, 1.165) is 51.5 Å². The fraction of sp³-hybridized carbons (Fsp3) is 0.692.